The molecule has 31 heavy (non-hydrogen) atoms. The molecule has 0 atom stereocenters. The number of ether oxygens (including phenoxy) is 1. The molecular formula is C24H29N5O2. The zero-order valence-corrected chi connectivity index (χ0v) is 18.0. The zero-order chi connectivity index (χ0) is 21.3. The van der Waals surface area contributed by atoms with Gasteiger partial charge in [-0.25, -0.2) is 9.78 Å². The van der Waals surface area contributed by atoms with Crippen LogP contribution in [0.15, 0.2) is 54.9 Å². The van der Waals surface area contributed by atoms with Crippen molar-refractivity contribution in [1.82, 2.24) is 19.8 Å². The van der Waals surface area contributed by atoms with Crippen molar-refractivity contribution in [3.63, 3.8) is 0 Å². The average Bonchev–Trinajstić information content (AvgIpc) is 3.21. The lowest BCUT2D eigenvalue weighted by Crippen LogP contribution is -2.60. The van der Waals surface area contributed by atoms with Crippen molar-refractivity contribution in [3.8, 4) is 5.75 Å². The van der Waals surface area contributed by atoms with Crippen LogP contribution < -0.4 is 15.0 Å². The highest BCUT2D eigenvalue weighted by Crippen LogP contribution is 2.43. The lowest BCUT2D eigenvalue weighted by atomic mass is 9.72. The molecule has 1 N–H and O–H groups in total. The van der Waals surface area contributed by atoms with Gasteiger partial charge in [0, 0.05) is 18.5 Å². The number of para-hydroxylation sites is 2. The van der Waals surface area contributed by atoms with Crippen LogP contribution in [0.25, 0.3) is 11.0 Å². The lowest BCUT2D eigenvalue weighted by molar-refractivity contribution is 0.0908. The third-order valence-electron chi connectivity index (χ3n) is 6.61. The first-order valence-electron chi connectivity index (χ1n) is 11.0. The summed E-state index contributed by atoms with van der Waals surface area (Å²) in [6, 6.07) is 15.5. The van der Waals surface area contributed by atoms with Crippen molar-refractivity contribution in [2.75, 3.05) is 51.3 Å². The highest BCUT2D eigenvalue weighted by Gasteiger charge is 2.44. The Balaban J connectivity index is 1.22. The van der Waals surface area contributed by atoms with Crippen molar-refractivity contribution in [1.29, 1.82) is 0 Å². The zero-order valence-electron chi connectivity index (χ0n) is 18.0. The van der Waals surface area contributed by atoms with Gasteiger partial charge in [-0.3, -0.25) is 4.57 Å². The van der Waals surface area contributed by atoms with Gasteiger partial charge in [0.25, 0.3) is 0 Å². The van der Waals surface area contributed by atoms with E-state index in [4.69, 9.17) is 4.74 Å². The molecule has 5 rings (SSSR count). The fourth-order valence-electron chi connectivity index (χ4n) is 4.71. The topological polar surface area (TPSA) is 62.6 Å². The molecule has 0 unspecified atom stereocenters. The Morgan fingerprint density at radius 2 is 1.87 bits per heavy atom. The fraction of sp³-hybridized carbons (Fsp3) is 0.417. The Morgan fingerprint density at radius 3 is 2.65 bits per heavy atom. The van der Waals surface area contributed by atoms with Gasteiger partial charge < -0.3 is 19.9 Å². The van der Waals surface area contributed by atoms with Gasteiger partial charge in [-0.1, -0.05) is 24.3 Å². The van der Waals surface area contributed by atoms with Crippen LogP contribution in [0.2, 0.25) is 0 Å². The van der Waals surface area contributed by atoms with Crippen molar-refractivity contribution in [2.45, 2.75) is 12.8 Å². The highest BCUT2D eigenvalue weighted by molar-refractivity contribution is 5.95. The Labute approximate surface area is 182 Å². The third-order valence-corrected chi connectivity index (χ3v) is 6.61. The van der Waals surface area contributed by atoms with Gasteiger partial charge in [0.15, 0.2) is 0 Å². The van der Waals surface area contributed by atoms with Gasteiger partial charge in [-0.2, -0.15) is 0 Å². The summed E-state index contributed by atoms with van der Waals surface area (Å²) in [6.45, 7) is 5.36. The van der Waals surface area contributed by atoms with Crippen LogP contribution >= 0.6 is 0 Å². The van der Waals surface area contributed by atoms with Gasteiger partial charge in [0.2, 0.25) is 0 Å². The molecule has 2 aliphatic rings. The number of piperidine rings is 1. The van der Waals surface area contributed by atoms with E-state index in [1.807, 2.05) is 42.5 Å². The Kier molecular flexibility index (Phi) is 5.28. The molecule has 0 radical (unpaired) electrons. The molecule has 0 aliphatic carbocycles. The Morgan fingerprint density at radius 1 is 1.10 bits per heavy atom. The molecule has 1 aromatic heterocycles. The van der Waals surface area contributed by atoms with E-state index in [9.17, 15) is 4.79 Å². The van der Waals surface area contributed by atoms with Crippen molar-refractivity contribution in [2.24, 2.45) is 5.41 Å². The molecule has 2 fully saturated rings. The first-order chi connectivity index (χ1) is 15.1. The van der Waals surface area contributed by atoms with E-state index >= 15 is 0 Å². The lowest BCUT2D eigenvalue weighted by Gasteiger charge is -2.54. The number of nitrogens with zero attached hydrogens (tertiary/aromatic N) is 4. The molecule has 1 amide bonds. The van der Waals surface area contributed by atoms with Crippen LogP contribution in [0.5, 0.6) is 5.75 Å². The molecule has 0 bridgehead atoms. The Bertz CT molecular complexity index is 1050. The van der Waals surface area contributed by atoms with Crippen LogP contribution in [0, 0.1) is 5.41 Å². The number of fused-ring (bicyclic) bond motifs is 1. The predicted molar refractivity (Wildman–Crippen MR) is 122 cm³/mol. The number of likely N-dealkylation sites (tertiary alicyclic amines) is 1. The Hall–Kier alpha value is -3.06. The van der Waals surface area contributed by atoms with Crippen LogP contribution in [-0.4, -0.2) is 66.9 Å². The van der Waals surface area contributed by atoms with E-state index in [0.29, 0.717) is 18.6 Å². The number of hydrogen-bond acceptors (Lipinski definition) is 5. The molecule has 2 saturated heterocycles. The monoisotopic (exact) mass is 419 g/mol. The molecule has 3 heterocycles. The number of aromatic nitrogens is 2. The van der Waals surface area contributed by atoms with Crippen LogP contribution in [0.1, 0.15) is 12.8 Å². The SMILES string of the molecule is CN1CCC2(CC1)CN(c1cccc3c1ncn3C(=O)NCCOc1ccccc1)C2. The summed E-state index contributed by atoms with van der Waals surface area (Å²) in [6.07, 6.45) is 4.14. The minimum Gasteiger partial charge on any atom is -0.492 e. The molecule has 1 spiro atoms. The third kappa shape index (κ3) is 3.97. The minimum atomic E-state index is -0.188. The first kappa shape index (κ1) is 19.9. The van der Waals surface area contributed by atoms with E-state index in [1.165, 1.54) is 25.9 Å². The molecule has 0 saturated carbocycles. The average molecular weight is 420 g/mol. The number of nitrogens with one attached hydrogen (secondary N) is 1. The molecule has 3 aromatic rings. The predicted octanol–water partition coefficient (Wildman–Crippen LogP) is 3.21. The number of benzene rings is 2. The van der Waals surface area contributed by atoms with Crippen LogP contribution in [-0.2, 0) is 0 Å². The summed E-state index contributed by atoms with van der Waals surface area (Å²) < 4.78 is 7.24. The van der Waals surface area contributed by atoms with E-state index < -0.39 is 0 Å². The molecule has 162 valence electrons. The number of imidazole rings is 1. The molecule has 2 aromatic carbocycles. The fourth-order valence-corrected chi connectivity index (χ4v) is 4.71. The maximum Gasteiger partial charge on any atom is 0.327 e. The molecule has 7 heteroatoms. The number of hydrogen-bond donors (Lipinski definition) is 1. The van der Waals surface area contributed by atoms with E-state index in [-0.39, 0.29) is 6.03 Å². The number of amides is 1. The quantitative estimate of drug-likeness (QED) is 0.644. The van der Waals surface area contributed by atoms with Gasteiger partial charge >= 0.3 is 6.03 Å². The standard InChI is InChI=1S/C24H29N5O2/c1-27-13-10-24(11-14-27)16-28(17-24)20-8-5-9-21-22(20)26-18-29(21)23(30)25-12-15-31-19-6-3-2-4-7-19/h2-9,18H,10-17H2,1H3,(H,25,30). The highest BCUT2D eigenvalue weighted by atomic mass is 16.5. The maximum absolute atomic E-state index is 12.7. The minimum absolute atomic E-state index is 0.188. The van der Waals surface area contributed by atoms with Crippen LogP contribution in [0.4, 0.5) is 10.5 Å². The van der Waals surface area contributed by atoms with Crippen molar-refractivity contribution < 1.29 is 9.53 Å². The van der Waals surface area contributed by atoms with Crippen molar-refractivity contribution >= 4 is 22.8 Å². The second kappa shape index (κ2) is 8.23. The molecule has 7 nitrogen and oxygen atoms in total. The molecular weight excluding hydrogens is 390 g/mol. The van der Waals surface area contributed by atoms with Gasteiger partial charge in [0.05, 0.1) is 17.7 Å². The van der Waals surface area contributed by atoms with Gasteiger partial charge in [-0.15, -0.1) is 0 Å². The van der Waals surface area contributed by atoms with E-state index in [2.05, 4.69) is 33.2 Å². The largest absolute Gasteiger partial charge is 0.492 e. The summed E-state index contributed by atoms with van der Waals surface area (Å²) in [5.74, 6) is 0.798. The summed E-state index contributed by atoms with van der Waals surface area (Å²) >= 11 is 0. The summed E-state index contributed by atoms with van der Waals surface area (Å²) in [5, 5.41) is 2.92. The van der Waals surface area contributed by atoms with Gasteiger partial charge in [-0.05, 0) is 57.2 Å². The summed E-state index contributed by atoms with van der Waals surface area (Å²) in [4.78, 5) is 22.1. The second-order valence-corrected chi connectivity index (χ2v) is 8.81. The molecule has 2 aliphatic heterocycles. The van der Waals surface area contributed by atoms with E-state index in [0.717, 1.165) is 35.6 Å². The summed E-state index contributed by atoms with van der Waals surface area (Å²) in [7, 11) is 2.20. The smallest absolute Gasteiger partial charge is 0.327 e. The van der Waals surface area contributed by atoms with Crippen LogP contribution in [0.3, 0.4) is 0 Å². The maximum atomic E-state index is 12.7. The van der Waals surface area contributed by atoms with Gasteiger partial charge in [0.1, 0.15) is 24.2 Å². The number of carbonyl (C=O) groups excluding carboxylic acids is 1. The normalized spacial score (nSPS) is 18.2. The number of rotatable bonds is 5. The number of anilines is 1. The summed E-state index contributed by atoms with van der Waals surface area (Å²) in [5.41, 5.74) is 3.30. The first-order valence-corrected chi connectivity index (χ1v) is 11.0. The second-order valence-electron chi connectivity index (χ2n) is 8.81. The van der Waals surface area contributed by atoms with E-state index in [1.54, 1.807) is 10.9 Å². The van der Waals surface area contributed by atoms with Crippen molar-refractivity contribution in [3.05, 3.63) is 54.9 Å². The number of carbonyl (C=O) groups is 1.